The molecule has 2 aromatic heterocycles. The van der Waals surface area contributed by atoms with Crippen molar-refractivity contribution in [1.82, 2.24) is 19.5 Å². The van der Waals surface area contributed by atoms with Gasteiger partial charge in [-0.2, -0.15) is 4.68 Å². The van der Waals surface area contributed by atoms with E-state index in [2.05, 4.69) is 15.5 Å². The molecule has 0 aliphatic heterocycles. The SMILES string of the molecule is CCOc1ccccc1Nc1nnc(SCc2ccccc2)n(-n2cccc2)c1=O. The summed E-state index contributed by atoms with van der Waals surface area (Å²) in [5, 5.41) is 12.1. The zero-order valence-electron chi connectivity index (χ0n) is 16.4. The van der Waals surface area contributed by atoms with Gasteiger partial charge in [-0.3, -0.25) is 9.47 Å². The molecule has 8 heteroatoms. The molecule has 0 radical (unpaired) electrons. The highest BCUT2D eigenvalue weighted by atomic mass is 32.2. The predicted molar refractivity (Wildman–Crippen MR) is 118 cm³/mol. The lowest BCUT2D eigenvalue weighted by atomic mass is 10.2. The Labute approximate surface area is 178 Å². The Morgan fingerprint density at radius 2 is 1.70 bits per heavy atom. The Bertz CT molecular complexity index is 1160. The van der Waals surface area contributed by atoms with Crippen LogP contribution in [0.3, 0.4) is 0 Å². The lowest BCUT2D eigenvalue weighted by Gasteiger charge is -2.15. The summed E-state index contributed by atoms with van der Waals surface area (Å²) in [6, 6.07) is 21.2. The van der Waals surface area contributed by atoms with E-state index >= 15 is 0 Å². The van der Waals surface area contributed by atoms with Crippen molar-refractivity contribution in [2.45, 2.75) is 17.8 Å². The third-order valence-corrected chi connectivity index (χ3v) is 5.27. The quantitative estimate of drug-likeness (QED) is 0.432. The van der Waals surface area contributed by atoms with Gasteiger partial charge in [-0.15, -0.1) is 10.2 Å². The molecule has 4 rings (SSSR count). The molecule has 1 N–H and O–H groups in total. The van der Waals surface area contributed by atoms with Crippen LogP contribution in [0.2, 0.25) is 0 Å². The van der Waals surface area contributed by atoms with Crippen molar-refractivity contribution in [3.8, 4) is 5.75 Å². The maximum Gasteiger partial charge on any atom is 0.316 e. The first-order valence-corrected chi connectivity index (χ1v) is 10.5. The Hall–Kier alpha value is -3.52. The van der Waals surface area contributed by atoms with Crippen molar-refractivity contribution in [2.75, 3.05) is 11.9 Å². The van der Waals surface area contributed by atoms with Gasteiger partial charge >= 0.3 is 5.56 Å². The second-order valence-corrected chi connectivity index (χ2v) is 7.28. The zero-order valence-corrected chi connectivity index (χ0v) is 17.2. The Morgan fingerprint density at radius 1 is 0.967 bits per heavy atom. The van der Waals surface area contributed by atoms with Gasteiger partial charge in [0.05, 0.1) is 12.3 Å². The van der Waals surface area contributed by atoms with E-state index in [0.29, 0.717) is 29.0 Å². The first-order chi connectivity index (χ1) is 14.8. The number of rotatable bonds is 8. The predicted octanol–water partition coefficient (Wildman–Crippen LogP) is 4.19. The molecule has 0 saturated carbocycles. The summed E-state index contributed by atoms with van der Waals surface area (Å²) in [4.78, 5) is 13.3. The van der Waals surface area contributed by atoms with Gasteiger partial charge in [0.2, 0.25) is 11.0 Å². The first kappa shape index (κ1) is 19.8. The number of hydrogen-bond acceptors (Lipinski definition) is 6. The Morgan fingerprint density at radius 3 is 2.47 bits per heavy atom. The number of anilines is 2. The first-order valence-electron chi connectivity index (χ1n) is 9.55. The summed E-state index contributed by atoms with van der Waals surface area (Å²) in [5.74, 6) is 1.45. The van der Waals surface area contributed by atoms with Crippen LogP contribution in [-0.4, -0.2) is 26.2 Å². The smallest absolute Gasteiger partial charge is 0.316 e. The number of nitrogens with one attached hydrogen (secondary N) is 1. The number of nitrogens with zero attached hydrogens (tertiary/aromatic N) is 4. The summed E-state index contributed by atoms with van der Waals surface area (Å²) in [7, 11) is 0. The minimum atomic E-state index is -0.303. The molecule has 0 amide bonds. The van der Waals surface area contributed by atoms with E-state index in [9.17, 15) is 4.79 Å². The van der Waals surface area contributed by atoms with Crippen molar-refractivity contribution in [3.05, 3.63) is 95.0 Å². The van der Waals surface area contributed by atoms with Gasteiger partial charge in [-0.05, 0) is 36.8 Å². The molecule has 30 heavy (non-hydrogen) atoms. The maximum atomic E-state index is 13.3. The van der Waals surface area contributed by atoms with Crippen LogP contribution < -0.4 is 15.6 Å². The van der Waals surface area contributed by atoms with Crippen LogP contribution in [0.15, 0.2) is 89.1 Å². The summed E-state index contributed by atoms with van der Waals surface area (Å²) < 4.78 is 8.84. The summed E-state index contributed by atoms with van der Waals surface area (Å²) in [5.41, 5.74) is 1.50. The molecule has 152 valence electrons. The molecular weight excluding hydrogens is 398 g/mol. The van der Waals surface area contributed by atoms with E-state index in [0.717, 1.165) is 5.56 Å². The summed E-state index contributed by atoms with van der Waals surface area (Å²) in [6.07, 6.45) is 3.60. The molecule has 0 atom stereocenters. The van der Waals surface area contributed by atoms with Crippen LogP contribution >= 0.6 is 11.8 Å². The number of para-hydroxylation sites is 2. The average molecular weight is 420 g/mol. The summed E-state index contributed by atoms with van der Waals surface area (Å²) >= 11 is 1.45. The van der Waals surface area contributed by atoms with Gasteiger partial charge < -0.3 is 10.1 Å². The molecule has 2 aromatic carbocycles. The molecule has 0 fully saturated rings. The van der Waals surface area contributed by atoms with Crippen LogP contribution in [0, 0.1) is 0 Å². The Balaban J connectivity index is 1.69. The number of benzene rings is 2. The van der Waals surface area contributed by atoms with Crippen molar-refractivity contribution >= 4 is 23.3 Å². The molecule has 4 aromatic rings. The van der Waals surface area contributed by atoms with E-state index < -0.39 is 0 Å². The van der Waals surface area contributed by atoms with Crippen LogP contribution in [0.1, 0.15) is 12.5 Å². The maximum absolute atomic E-state index is 13.3. The molecule has 0 aliphatic carbocycles. The van der Waals surface area contributed by atoms with Gasteiger partial charge in [-0.25, -0.2) is 0 Å². The third kappa shape index (κ3) is 4.38. The van der Waals surface area contributed by atoms with Gasteiger partial charge in [-0.1, -0.05) is 54.2 Å². The van der Waals surface area contributed by atoms with Gasteiger partial charge in [0, 0.05) is 18.1 Å². The van der Waals surface area contributed by atoms with E-state index in [1.807, 2.05) is 73.7 Å². The van der Waals surface area contributed by atoms with E-state index in [-0.39, 0.29) is 11.4 Å². The van der Waals surface area contributed by atoms with E-state index in [4.69, 9.17) is 4.74 Å². The van der Waals surface area contributed by atoms with Crippen molar-refractivity contribution in [2.24, 2.45) is 0 Å². The largest absolute Gasteiger partial charge is 0.492 e. The molecule has 0 aliphatic rings. The zero-order chi connectivity index (χ0) is 20.8. The molecule has 0 bridgehead atoms. The number of aromatic nitrogens is 4. The highest BCUT2D eigenvalue weighted by Gasteiger charge is 2.15. The summed E-state index contributed by atoms with van der Waals surface area (Å²) in [6.45, 7) is 2.43. The fourth-order valence-corrected chi connectivity index (χ4v) is 3.78. The van der Waals surface area contributed by atoms with Crippen molar-refractivity contribution < 1.29 is 4.74 Å². The fourth-order valence-electron chi connectivity index (χ4n) is 2.90. The lowest BCUT2D eigenvalue weighted by Crippen LogP contribution is -2.30. The van der Waals surface area contributed by atoms with Crippen LogP contribution in [-0.2, 0) is 5.75 Å². The molecule has 0 saturated heterocycles. The monoisotopic (exact) mass is 419 g/mol. The number of hydrogen-bond donors (Lipinski definition) is 1. The molecule has 0 unspecified atom stereocenters. The molecule has 0 spiro atoms. The van der Waals surface area contributed by atoms with E-state index in [1.165, 1.54) is 16.4 Å². The van der Waals surface area contributed by atoms with Crippen LogP contribution in [0.4, 0.5) is 11.5 Å². The van der Waals surface area contributed by atoms with Gasteiger partial charge in [0.25, 0.3) is 0 Å². The highest BCUT2D eigenvalue weighted by Crippen LogP contribution is 2.26. The molecule has 7 nitrogen and oxygen atoms in total. The molecular formula is C22H21N5O2S. The molecule has 2 heterocycles. The number of thioether (sulfide) groups is 1. The van der Waals surface area contributed by atoms with Crippen LogP contribution in [0.25, 0.3) is 0 Å². The van der Waals surface area contributed by atoms with Crippen LogP contribution in [0.5, 0.6) is 5.75 Å². The normalized spacial score (nSPS) is 10.7. The standard InChI is InChI=1S/C22H21N5O2S/c1-2-29-19-13-7-6-12-18(19)23-20-21(28)27(26-14-8-9-15-26)22(25-24-20)30-16-17-10-4-3-5-11-17/h3-15H,2,16H2,1H3,(H,23,24). The van der Waals surface area contributed by atoms with Gasteiger partial charge in [0.1, 0.15) is 5.75 Å². The highest BCUT2D eigenvalue weighted by molar-refractivity contribution is 7.98. The van der Waals surface area contributed by atoms with Gasteiger partial charge in [0.15, 0.2) is 0 Å². The van der Waals surface area contributed by atoms with Crippen molar-refractivity contribution in [1.29, 1.82) is 0 Å². The Kier molecular flexibility index (Phi) is 6.14. The number of ether oxygens (including phenoxy) is 1. The second-order valence-electron chi connectivity index (χ2n) is 6.34. The van der Waals surface area contributed by atoms with Crippen molar-refractivity contribution in [3.63, 3.8) is 0 Å². The topological polar surface area (TPSA) is 74.0 Å². The van der Waals surface area contributed by atoms with E-state index in [1.54, 1.807) is 17.1 Å². The lowest BCUT2D eigenvalue weighted by molar-refractivity contribution is 0.342. The minimum absolute atomic E-state index is 0.125. The third-order valence-electron chi connectivity index (χ3n) is 4.28. The fraction of sp³-hybridized carbons (Fsp3) is 0.136. The minimum Gasteiger partial charge on any atom is -0.492 e. The second kappa shape index (κ2) is 9.32. The average Bonchev–Trinajstić information content (AvgIpc) is 3.30.